The van der Waals surface area contributed by atoms with Crippen molar-refractivity contribution >= 4 is 22.6 Å². The van der Waals surface area contributed by atoms with E-state index in [4.69, 9.17) is 21.3 Å². The molecule has 1 aliphatic rings. The van der Waals surface area contributed by atoms with Crippen LogP contribution >= 0.6 is 11.6 Å². The Morgan fingerprint density at radius 3 is 2.95 bits per heavy atom. The predicted molar refractivity (Wildman–Crippen MR) is 86.0 cm³/mol. The van der Waals surface area contributed by atoms with Gasteiger partial charge in [-0.25, -0.2) is 4.98 Å². The molecule has 0 radical (unpaired) electrons. The van der Waals surface area contributed by atoms with Gasteiger partial charge in [-0.05, 0) is 45.0 Å². The molecule has 0 atom stereocenters. The van der Waals surface area contributed by atoms with Crippen molar-refractivity contribution in [3.63, 3.8) is 0 Å². The summed E-state index contributed by atoms with van der Waals surface area (Å²) in [6.45, 7) is 5.86. The molecule has 0 aliphatic carbocycles. The second kappa shape index (κ2) is 6.77. The van der Waals surface area contributed by atoms with E-state index in [1.54, 1.807) is 0 Å². The number of halogens is 1. The topological polar surface area (TPSA) is 39.1 Å². The molecule has 0 amide bonds. The van der Waals surface area contributed by atoms with Crippen molar-refractivity contribution < 1.29 is 4.74 Å². The van der Waals surface area contributed by atoms with Crippen LogP contribution in [0.25, 0.3) is 11.0 Å². The van der Waals surface area contributed by atoms with Crippen LogP contribution in [0.2, 0.25) is 5.02 Å². The van der Waals surface area contributed by atoms with E-state index in [0.29, 0.717) is 6.10 Å². The molecule has 1 aromatic heterocycles. The third-order valence-electron chi connectivity index (χ3n) is 4.08. The fourth-order valence-electron chi connectivity index (χ4n) is 3.00. The van der Waals surface area contributed by atoms with Crippen LogP contribution in [-0.4, -0.2) is 35.4 Å². The van der Waals surface area contributed by atoms with Gasteiger partial charge in [-0.3, -0.25) is 0 Å². The molecule has 0 bridgehead atoms. The molecule has 2 aromatic rings. The molecule has 21 heavy (non-hydrogen) atoms. The quantitative estimate of drug-likeness (QED) is 0.923. The molecule has 1 aromatic carbocycles. The first-order chi connectivity index (χ1) is 10.3. The lowest BCUT2D eigenvalue weighted by Crippen LogP contribution is -2.32. The average molecular weight is 308 g/mol. The highest BCUT2D eigenvalue weighted by Gasteiger charge is 2.15. The molecule has 0 spiro atoms. The number of aryl methyl sites for hydroxylation is 1. The second-order valence-corrected chi connectivity index (χ2v) is 5.86. The fraction of sp³-hybridized carbons (Fsp3) is 0.562. The Bertz CT molecular complexity index is 605. The van der Waals surface area contributed by atoms with Crippen LogP contribution in [0.3, 0.4) is 0 Å². The Morgan fingerprint density at radius 2 is 2.19 bits per heavy atom. The van der Waals surface area contributed by atoms with Crippen LogP contribution in [0.5, 0.6) is 0 Å². The van der Waals surface area contributed by atoms with Gasteiger partial charge in [0, 0.05) is 13.0 Å². The summed E-state index contributed by atoms with van der Waals surface area (Å²) in [4.78, 5) is 4.71. The number of piperidine rings is 1. The standard InChI is InChI=1S/C16H22ClN3O/c1-2-20-15(8-11-21-12-6-9-18-10-7-12)19-14-5-3-4-13(17)16(14)20/h3-5,12,18H,2,6-11H2,1H3. The minimum Gasteiger partial charge on any atom is -0.378 e. The van der Waals surface area contributed by atoms with Crippen LogP contribution in [0.15, 0.2) is 18.2 Å². The SMILES string of the molecule is CCn1c(CCOC2CCNCC2)nc2cccc(Cl)c21. The van der Waals surface area contributed by atoms with E-state index in [2.05, 4.69) is 16.8 Å². The summed E-state index contributed by atoms with van der Waals surface area (Å²) in [5.74, 6) is 1.06. The van der Waals surface area contributed by atoms with Crippen LogP contribution in [0.1, 0.15) is 25.6 Å². The number of benzene rings is 1. The molecule has 4 nitrogen and oxygen atoms in total. The first kappa shape index (κ1) is 14.8. The monoisotopic (exact) mass is 307 g/mol. The number of fused-ring (bicyclic) bond motifs is 1. The van der Waals surface area contributed by atoms with Crippen molar-refractivity contribution in [2.24, 2.45) is 0 Å². The van der Waals surface area contributed by atoms with E-state index in [9.17, 15) is 0 Å². The molecule has 5 heteroatoms. The third kappa shape index (κ3) is 3.23. The minimum absolute atomic E-state index is 0.397. The molecule has 2 heterocycles. The maximum atomic E-state index is 6.31. The van der Waals surface area contributed by atoms with Crippen molar-refractivity contribution in [3.05, 3.63) is 29.0 Å². The van der Waals surface area contributed by atoms with Crippen molar-refractivity contribution in [3.8, 4) is 0 Å². The molecular formula is C16H22ClN3O. The van der Waals surface area contributed by atoms with Crippen molar-refractivity contribution in [1.29, 1.82) is 0 Å². The van der Waals surface area contributed by atoms with Gasteiger partial charge in [0.15, 0.2) is 0 Å². The number of para-hydroxylation sites is 1. The van der Waals surface area contributed by atoms with E-state index in [1.165, 1.54) is 0 Å². The van der Waals surface area contributed by atoms with Crippen molar-refractivity contribution in [1.82, 2.24) is 14.9 Å². The van der Waals surface area contributed by atoms with Gasteiger partial charge in [-0.2, -0.15) is 0 Å². The summed E-state index contributed by atoms with van der Waals surface area (Å²) >= 11 is 6.31. The Morgan fingerprint density at radius 1 is 1.38 bits per heavy atom. The van der Waals surface area contributed by atoms with Crippen LogP contribution in [-0.2, 0) is 17.7 Å². The summed E-state index contributed by atoms with van der Waals surface area (Å²) < 4.78 is 8.18. The first-order valence-electron chi connectivity index (χ1n) is 7.75. The highest BCUT2D eigenvalue weighted by atomic mass is 35.5. The average Bonchev–Trinajstić information content (AvgIpc) is 2.87. The zero-order chi connectivity index (χ0) is 14.7. The van der Waals surface area contributed by atoms with Gasteiger partial charge in [0.2, 0.25) is 0 Å². The number of ether oxygens (including phenoxy) is 1. The largest absolute Gasteiger partial charge is 0.378 e. The predicted octanol–water partition coefficient (Wildman–Crippen LogP) is 3.02. The lowest BCUT2D eigenvalue weighted by molar-refractivity contribution is 0.0340. The zero-order valence-electron chi connectivity index (χ0n) is 12.4. The zero-order valence-corrected chi connectivity index (χ0v) is 13.2. The second-order valence-electron chi connectivity index (χ2n) is 5.45. The Kier molecular flexibility index (Phi) is 4.78. The van der Waals surface area contributed by atoms with Gasteiger partial charge in [0.1, 0.15) is 5.82 Å². The number of rotatable bonds is 5. The molecular weight excluding hydrogens is 286 g/mol. The Balaban J connectivity index is 1.70. The van der Waals surface area contributed by atoms with Crippen LogP contribution < -0.4 is 5.32 Å². The number of hydrogen-bond donors (Lipinski definition) is 1. The number of nitrogens with one attached hydrogen (secondary N) is 1. The van der Waals surface area contributed by atoms with E-state index in [1.807, 2.05) is 18.2 Å². The molecule has 1 N–H and O–H groups in total. The first-order valence-corrected chi connectivity index (χ1v) is 8.13. The van der Waals surface area contributed by atoms with Gasteiger partial charge in [0.25, 0.3) is 0 Å². The smallest absolute Gasteiger partial charge is 0.112 e. The van der Waals surface area contributed by atoms with Crippen molar-refractivity contribution in [2.45, 2.75) is 38.8 Å². The molecule has 1 aliphatic heterocycles. The fourth-order valence-corrected chi connectivity index (χ4v) is 3.27. The minimum atomic E-state index is 0.397. The molecule has 1 saturated heterocycles. The summed E-state index contributed by atoms with van der Waals surface area (Å²) in [6.07, 6.45) is 3.45. The van der Waals surface area contributed by atoms with Crippen molar-refractivity contribution in [2.75, 3.05) is 19.7 Å². The van der Waals surface area contributed by atoms with E-state index < -0.39 is 0 Å². The summed E-state index contributed by atoms with van der Waals surface area (Å²) in [7, 11) is 0. The molecule has 1 fully saturated rings. The Hall–Kier alpha value is -1.10. The molecule has 0 saturated carbocycles. The van der Waals surface area contributed by atoms with Crippen LogP contribution in [0.4, 0.5) is 0 Å². The maximum Gasteiger partial charge on any atom is 0.112 e. The maximum absolute atomic E-state index is 6.31. The molecule has 0 unspecified atom stereocenters. The van der Waals surface area contributed by atoms with E-state index in [0.717, 1.165) is 67.4 Å². The molecule has 3 rings (SSSR count). The lowest BCUT2D eigenvalue weighted by atomic mass is 10.1. The van der Waals surface area contributed by atoms with Crippen LogP contribution in [0, 0.1) is 0 Å². The highest BCUT2D eigenvalue weighted by Crippen LogP contribution is 2.24. The summed E-state index contributed by atoms with van der Waals surface area (Å²) in [5, 5.41) is 4.12. The number of hydrogen-bond acceptors (Lipinski definition) is 3. The lowest BCUT2D eigenvalue weighted by Gasteiger charge is -2.22. The molecule has 114 valence electrons. The van der Waals surface area contributed by atoms with Gasteiger partial charge in [-0.1, -0.05) is 17.7 Å². The summed E-state index contributed by atoms with van der Waals surface area (Å²) in [6, 6.07) is 5.89. The van der Waals surface area contributed by atoms with Gasteiger partial charge < -0.3 is 14.6 Å². The highest BCUT2D eigenvalue weighted by molar-refractivity contribution is 6.35. The third-order valence-corrected chi connectivity index (χ3v) is 4.38. The Labute approximate surface area is 130 Å². The number of imidazole rings is 1. The normalized spacial score (nSPS) is 16.7. The number of aromatic nitrogens is 2. The summed E-state index contributed by atoms with van der Waals surface area (Å²) in [5.41, 5.74) is 2.01. The van der Waals surface area contributed by atoms with Gasteiger partial charge >= 0.3 is 0 Å². The van der Waals surface area contributed by atoms with Gasteiger partial charge in [0.05, 0.1) is 28.8 Å². The van der Waals surface area contributed by atoms with E-state index in [-0.39, 0.29) is 0 Å². The number of nitrogens with zero attached hydrogens (tertiary/aromatic N) is 2. The van der Waals surface area contributed by atoms with Gasteiger partial charge in [-0.15, -0.1) is 0 Å². The van der Waals surface area contributed by atoms with E-state index >= 15 is 0 Å².